The fourth-order valence-corrected chi connectivity index (χ4v) is 1.99. The molecule has 21 heavy (non-hydrogen) atoms. The van der Waals surface area contributed by atoms with Crippen molar-refractivity contribution in [3.63, 3.8) is 0 Å². The molecule has 0 radical (unpaired) electrons. The monoisotopic (exact) mass is 283 g/mol. The summed E-state index contributed by atoms with van der Waals surface area (Å²) in [5, 5.41) is 6.15. The molecule has 4 heteroatoms. The average molecular weight is 283 g/mol. The molecule has 1 aromatic heterocycles. The van der Waals surface area contributed by atoms with Gasteiger partial charge in [-0.05, 0) is 30.7 Å². The van der Waals surface area contributed by atoms with Gasteiger partial charge in [-0.3, -0.25) is 9.78 Å². The molecule has 0 aliphatic rings. The second kappa shape index (κ2) is 8.04. The van der Waals surface area contributed by atoms with Gasteiger partial charge in [0.05, 0.1) is 0 Å². The summed E-state index contributed by atoms with van der Waals surface area (Å²) in [7, 11) is 0. The first-order valence-electron chi connectivity index (χ1n) is 7.36. The van der Waals surface area contributed by atoms with E-state index in [0.29, 0.717) is 5.69 Å². The molecule has 0 saturated carbocycles. The molecule has 2 rings (SSSR count). The number of amides is 1. The zero-order valence-electron chi connectivity index (χ0n) is 12.3. The maximum Gasteiger partial charge on any atom is 0.274 e. The Balaban J connectivity index is 1.95. The summed E-state index contributed by atoms with van der Waals surface area (Å²) in [6.45, 7) is 3.09. The van der Waals surface area contributed by atoms with Crippen LogP contribution in [0.2, 0.25) is 0 Å². The van der Waals surface area contributed by atoms with Crippen LogP contribution in [-0.2, 0) is 0 Å². The maximum absolute atomic E-state index is 12.1. The van der Waals surface area contributed by atoms with Gasteiger partial charge in [-0.1, -0.05) is 38.0 Å². The van der Waals surface area contributed by atoms with Gasteiger partial charge in [-0.15, -0.1) is 0 Å². The maximum atomic E-state index is 12.1. The number of anilines is 2. The molecule has 0 bridgehead atoms. The van der Waals surface area contributed by atoms with Crippen LogP contribution in [0.4, 0.5) is 11.4 Å². The zero-order chi connectivity index (χ0) is 14.9. The fraction of sp³-hybridized carbons (Fsp3) is 0.294. The van der Waals surface area contributed by atoms with Gasteiger partial charge in [0.25, 0.3) is 5.91 Å². The van der Waals surface area contributed by atoms with E-state index < -0.39 is 0 Å². The Morgan fingerprint density at radius 3 is 2.67 bits per heavy atom. The van der Waals surface area contributed by atoms with Crippen LogP contribution in [0.5, 0.6) is 0 Å². The van der Waals surface area contributed by atoms with Crippen molar-refractivity contribution in [1.82, 2.24) is 4.98 Å². The van der Waals surface area contributed by atoms with Gasteiger partial charge in [0.1, 0.15) is 5.69 Å². The van der Waals surface area contributed by atoms with Crippen LogP contribution in [0.3, 0.4) is 0 Å². The molecule has 0 spiro atoms. The van der Waals surface area contributed by atoms with Crippen molar-refractivity contribution in [2.75, 3.05) is 17.2 Å². The fourth-order valence-electron chi connectivity index (χ4n) is 1.99. The van der Waals surface area contributed by atoms with E-state index in [4.69, 9.17) is 0 Å². The molecular formula is C17H21N3O. The molecule has 2 aromatic rings. The second-order valence-electron chi connectivity index (χ2n) is 4.88. The van der Waals surface area contributed by atoms with Crippen molar-refractivity contribution in [1.29, 1.82) is 0 Å². The number of nitrogens with zero attached hydrogens (tertiary/aromatic N) is 1. The minimum Gasteiger partial charge on any atom is -0.385 e. The van der Waals surface area contributed by atoms with E-state index in [2.05, 4.69) is 22.5 Å². The first-order valence-corrected chi connectivity index (χ1v) is 7.36. The first kappa shape index (κ1) is 15.0. The van der Waals surface area contributed by atoms with E-state index in [1.807, 2.05) is 36.4 Å². The summed E-state index contributed by atoms with van der Waals surface area (Å²) in [5.74, 6) is -0.196. The SMILES string of the molecule is CCCCCNc1ccnc(C(=O)Nc2ccccc2)c1. The Morgan fingerprint density at radius 1 is 1.10 bits per heavy atom. The first-order chi connectivity index (χ1) is 10.3. The number of rotatable bonds is 7. The highest BCUT2D eigenvalue weighted by atomic mass is 16.1. The van der Waals surface area contributed by atoms with Gasteiger partial charge in [0.15, 0.2) is 0 Å². The van der Waals surface area contributed by atoms with Crippen molar-refractivity contribution in [3.8, 4) is 0 Å². The highest BCUT2D eigenvalue weighted by Crippen LogP contribution is 2.11. The average Bonchev–Trinajstić information content (AvgIpc) is 2.53. The Labute approximate surface area is 125 Å². The molecule has 0 aliphatic heterocycles. The van der Waals surface area contributed by atoms with Gasteiger partial charge in [0, 0.05) is 24.1 Å². The summed E-state index contributed by atoms with van der Waals surface area (Å²) in [6.07, 6.45) is 5.19. The minimum atomic E-state index is -0.196. The molecule has 110 valence electrons. The van der Waals surface area contributed by atoms with E-state index in [-0.39, 0.29) is 5.91 Å². The quantitative estimate of drug-likeness (QED) is 0.757. The highest BCUT2D eigenvalue weighted by molar-refractivity contribution is 6.03. The van der Waals surface area contributed by atoms with Crippen LogP contribution in [-0.4, -0.2) is 17.4 Å². The van der Waals surface area contributed by atoms with Crippen molar-refractivity contribution in [3.05, 3.63) is 54.4 Å². The van der Waals surface area contributed by atoms with Crippen molar-refractivity contribution >= 4 is 17.3 Å². The number of hydrogen-bond donors (Lipinski definition) is 2. The van der Waals surface area contributed by atoms with Gasteiger partial charge >= 0.3 is 0 Å². The lowest BCUT2D eigenvalue weighted by Crippen LogP contribution is -2.14. The Morgan fingerprint density at radius 2 is 1.90 bits per heavy atom. The van der Waals surface area contributed by atoms with Gasteiger partial charge in [0.2, 0.25) is 0 Å². The summed E-state index contributed by atoms with van der Waals surface area (Å²) < 4.78 is 0. The van der Waals surface area contributed by atoms with Gasteiger partial charge < -0.3 is 10.6 Å². The van der Waals surface area contributed by atoms with Crippen molar-refractivity contribution in [2.45, 2.75) is 26.2 Å². The zero-order valence-corrected chi connectivity index (χ0v) is 12.3. The Bertz CT molecular complexity index is 569. The summed E-state index contributed by atoms with van der Waals surface area (Å²) >= 11 is 0. The molecule has 0 atom stereocenters. The normalized spacial score (nSPS) is 10.1. The Kier molecular flexibility index (Phi) is 5.76. The molecule has 0 fully saturated rings. The van der Waals surface area contributed by atoms with Crippen LogP contribution in [0, 0.1) is 0 Å². The van der Waals surface area contributed by atoms with E-state index >= 15 is 0 Å². The van der Waals surface area contributed by atoms with Crippen molar-refractivity contribution < 1.29 is 4.79 Å². The Hall–Kier alpha value is -2.36. The summed E-state index contributed by atoms with van der Waals surface area (Å²) in [6, 6.07) is 13.0. The molecule has 1 aromatic carbocycles. The number of para-hydroxylation sites is 1. The molecule has 2 N–H and O–H groups in total. The number of hydrogen-bond acceptors (Lipinski definition) is 3. The second-order valence-corrected chi connectivity index (χ2v) is 4.88. The minimum absolute atomic E-state index is 0.196. The number of aromatic nitrogens is 1. The van der Waals surface area contributed by atoms with Crippen LogP contribution in [0.15, 0.2) is 48.7 Å². The highest BCUT2D eigenvalue weighted by Gasteiger charge is 2.08. The summed E-state index contributed by atoms with van der Waals surface area (Å²) in [4.78, 5) is 16.3. The predicted molar refractivity (Wildman–Crippen MR) is 86.6 cm³/mol. The standard InChI is InChI=1S/C17H21N3O/c1-2-3-7-11-18-15-10-12-19-16(13-15)17(21)20-14-8-5-4-6-9-14/h4-6,8-10,12-13H,2-3,7,11H2,1H3,(H,18,19)(H,20,21). The summed E-state index contributed by atoms with van der Waals surface area (Å²) in [5.41, 5.74) is 2.12. The number of pyridine rings is 1. The molecule has 1 amide bonds. The lowest BCUT2D eigenvalue weighted by Gasteiger charge is -2.08. The predicted octanol–water partition coefficient (Wildman–Crippen LogP) is 3.94. The van der Waals surface area contributed by atoms with E-state index in [0.717, 1.165) is 24.3 Å². The van der Waals surface area contributed by atoms with Crippen LogP contribution >= 0.6 is 0 Å². The lowest BCUT2D eigenvalue weighted by molar-refractivity contribution is 0.102. The van der Waals surface area contributed by atoms with Gasteiger partial charge in [-0.25, -0.2) is 0 Å². The van der Waals surface area contributed by atoms with E-state index in [1.165, 1.54) is 12.8 Å². The largest absolute Gasteiger partial charge is 0.385 e. The molecule has 4 nitrogen and oxygen atoms in total. The number of unbranched alkanes of at least 4 members (excludes halogenated alkanes) is 2. The smallest absolute Gasteiger partial charge is 0.274 e. The number of carbonyl (C=O) groups excluding carboxylic acids is 1. The molecule has 0 saturated heterocycles. The molecule has 0 unspecified atom stereocenters. The third-order valence-corrected chi connectivity index (χ3v) is 3.13. The molecule has 1 heterocycles. The molecule has 0 aliphatic carbocycles. The van der Waals surface area contributed by atoms with E-state index in [1.54, 1.807) is 12.3 Å². The number of benzene rings is 1. The van der Waals surface area contributed by atoms with Gasteiger partial charge in [-0.2, -0.15) is 0 Å². The third kappa shape index (κ3) is 4.91. The topological polar surface area (TPSA) is 54.0 Å². The lowest BCUT2D eigenvalue weighted by atomic mass is 10.2. The van der Waals surface area contributed by atoms with E-state index in [9.17, 15) is 4.79 Å². The molecular weight excluding hydrogens is 262 g/mol. The van der Waals surface area contributed by atoms with Crippen molar-refractivity contribution in [2.24, 2.45) is 0 Å². The van der Waals surface area contributed by atoms with Crippen LogP contribution < -0.4 is 10.6 Å². The van der Waals surface area contributed by atoms with Crippen LogP contribution in [0.25, 0.3) is 0 Å². The third-order valence-electron chi connectivity index (χ3n) is 3.13. The number of nitrogens with one attached hydrogen (secondary N) is 2. The number of carbonyl (C=O) groups is 1. The van der Waals surface area contributed by atoms with Crippen LogP contribution in [0.1, 0.15) is 36.7 Å².